The predicted octanol–water partition coefficient (Wildman–Crippen LogP) is 1.65. The topological polar surface area (TPSA) is 73.1 Å². The Morgan fingerprint density at radius 1 is 1.39 bits per heavy atom. The van der Waals surface area contributed by atoms with Crippen molar-refractivity contribution in [2.24, 2.45) is 5.73 Å². The number of unbranched alkanes of at least 4 members (excludes halogenated alkanes) is 2. The number of thiocarbonyl (C=S) groups is 1. The molecule has 0 saturated heterocycles. The number of aromatic nitrogens is 2. The Balaban J connectivity index is 2.40. The molecule has 1 rings (SSSR count). The molecular formula is C12H20N4OS. The zero-order valence-corrected chi connectivity index (χ0v) is 11.7. The lowest BCUT2D eigenvalue weighted by Crippen LogP contribution is -2.15. The van der Waals surface area contributed by atoms with Crippen molar-refractivity contribution in [3.8, 4) is 0 Å². The highest BCUT2D eigenvalue weighted by atomic mass is 32.1. The molecule has 0 aromatic carbocycles. The zero-order chi connectivity index (χ0) is 13.4. The van der Waals surface area contributed by atoms with Crippen LogP contribution in [0, 0.1) is 6.92 Å². The van der Waals surface area contributed by atoms with Crippen molar-refractivity contribution in [3.05, 3.63) is 17.5 Å². The summed E-state index contributed by atoms with van der Waals surface area (Å²) in [5.41, 5.74) is 7.03. The molecule has 0 amide bonds. The molecule has 0 saturated carbocycles. The van der Waals surface area contributed by atoms with Gasteiger partial charge in [0.1, 0.15) is 10.7 Å². The summed E-state index contributed by atoms with van der Waals surface area (Å²) in [5, 5.41) is 3.18. The average molecular weight is 268 g/mol. The van der Waals surface area contributed by atoms with Crippen LogP contribution in [0.5, 0.6) is 0 Å². The second-order valence-corrected chi connectivity index (χ2v) is 4.50. The summed E-state index contributed by atoms with van der Waals surface area (Å²) in [6, 6.07) is 1.78. The first-order valence-corrected chi connectivity index (χ1v) is 6.42. The van der Waals surface area contributed by atoms with Crippen LogP contribution in [0.15, 0.2) is 6.07 Å². The Morgan fingerprint density at radius 3 is 2.83 bits per heavy atom. The van der Waals surface area contributed by atoms with Gasteiger partial charge in [0.05, 0.1) is 0 Å². The van der Waals surface area contributed by atoms with Crippen LogP contribution in [0.25, 0.3) is 0 Å². The fraction of sp³-hybridized carbons (Fsp3) is 0.583. The van der Waals surface area contributed by atoms with Crippen molar-refractivity contribution < 1.29 is 4.74 Å². The molecule has 0 aliphatic rings. The molecule has 0 bridgehead atoms. The number of ether oxygens (including phenoxy) is 1. The molecule has 0 fully saturated rings. The number of rotatable bonds is 8. The summed E-state index contributed by atoms with van der Waals surface area (Å²) >= 11 is 4.91. The number of aryl methyl sites for hydroxylation is 1. The molecule has 0 aliphatic carbocycles. The Labute approximate surface area is 113 Å². The summed E-state index contributed by atoms with van der Waals surface area (Å²) < 4.78 is 4.99. The van der Waals surface area contributed by atoms with Crippen molar-refractivity contribution in [1.29, 1.82) is 0 Å². The Kier molecular flexibility index (Phi) is 6.53. The lowest BCUT2D eigenvalue weighted by molar-refractivity contribution is 0.192. The van der Waals surface area contributed by atoms with Crippen LogP contribution in [0.4, 0.5) is 5.95 Å². The highest BCUT2D eigenvalue weighted by molar-refractivity contribution is 7.80. The Hall–Kier alpha value is -1.27. The van der Waals surface area contributed by atoms with Gasteiger partial charge in [-0.05, 0) is 32.3 Å². The van der Waals surface area contributed by atoms with Crippen LogP contribution in [0.2, 0.25) is 0 Å². The fourth-order valence-corrected chi connectivity index (χ4v) is 1.63. The minimum Gasteiger partial charge on any atom is -0.388 e. The largest absolute Gasteiger partial charge is 0.388 e. The van der Waals surface area contributed by atoms with Crippen LogP contribution in [0.3, 0.4) is 0 Å². The maximum atomic E-state index is 5.56. The molecule has 0 atom stereocenters. The van der Waals surface area contributed by atoms with E-state index in [1.807, 2.05) is 6.92 Å². The van der Waals surface area contributed by atoms with Crippen LogP contribution in [-0.2, 0) is 4.74 Å². The molecule has 0 radical (unpaired) electrons. The third-order valence-electron chi connectivity index (χ3n) is 2.42. The maximum absolute atomic E-state index is 5.56. The number of nitrogens with two attached hydrogens (primary N) is 1. The molecule has 3 N–H and O–H groups in total. The van der Waals surface area contributed by atoms with E-state index >= 15 is 0 Å². The molecular weight excluding hydrogens is 248 g/mol. The van der Waals surface area contributed by atoms with E-state index < -0.39 is 0 Å². The van der Waals surface area contributed by atoms with Crippen molar-refractivity contribution >= 4 is 23.2 Å². The van der Waals surface area contributed by atoms with Gasteiger partial charge in [-0.3, -0.25) is 0 Å². The zero-order valence-electron chi connectivity index (χ0n) is 10.9. The van der Waals surface area contributed by atoms with Crippen LogP contribution in [0.1, 0.15) is 30.7 Å². The van der Waals surface area contributed by atoms with Gasteiger partial charge in [0.25, 0.3) is 0 Å². The Bertz CT molecular complexity index is 398. The highest BCUT2D eigenvalue weighted by Crippen LogP contribution is 2.05. The van der Waals surface area contributed by atoms with E-state index in [9.17, 15) is 0 Å². The first kappa shape index (κ1) is 14.8. The lowest BCUT2D eigenvalue weighted by Gasteiger charge is -2.07. The molecule has 100 valence electrons. The molecule has 5 nitrogen and oxygen atoms in total. The Morgan fingerprint density at radius 2 is 2.17 bits per heavy atom. The molecule has 1 aromatic heterocycles. The summed E-state index contributed by atoms with van der Waals surface area (Å²) in [6.45, 7) is 3.55. The quantitative estimate of drug-likeness (QED) is 0.551. The molecule has 6 heteroatoms. The van der Waals surface area contributed by atoms with Gasteiger partial charge in [0.15, 0.2) is 0 Å². The first-order chi connectivity index (χ1) is 8.63. The summed E-state index contributed by atoms with van der Waals surface area (Å²) in [6.07, 6.45) is 3.25. The summed E-state index contributed by atoms with van der Waals surface area (Å²) in [4.78, 5) is 8.84. The van der Waals surface area contributed by atoms with Crippen LogP contribution < -0.4 is 11.1 Å². The van der Waals surface area contributed by atoms with E-state index in [0.29, 0.717) is 16.6 Å². The second-order valence-electron chi connectivity index (χ2n) is 4.06. The number of nitrogens with one attached hydrogen (secondary N) is 1. The maximum Gasteiger partial charge on any atom is 0.223 e. The van der Waals surface area contributed by atoms with Crippen molar-refractivity contribution in [1.82, 2.24) is 9.97 Å². The molecule has 18 heavy (non-hydrogen) atoms. The van der Waals surface area contributed by atoms with Gasteiger partial charge in [-0.1, -0.05) is 12.2 Å². The molecule has 0 aliphatic heterocycles. The van der Waals surface area contributed by atoms with E-state index in [1.54, 1.807) is 13.2 Å². The van der Waals surface area contributed by atoms with Gasteiger partial charge in [0, 0.05) is 26.0 Å². The lowest BCUT2D eigenvalue weighted by atomic mass is 10.2. The van der Waals surface area contributed by atoms with Crippen LogP contribution >= 0.6 is 12.2 Å². The molecule has 0 spiro atoms. The van der Waals surface area contributed by atoms with Crippen molar-refractivity contribution in [2.45, 2.75) is 26.2 Å². The third kappa shape index (κ3) is 5.37. The number of hydrogen-bond acceptors (Lipinski definition) is 5. The molecule has 1 heterocycles. The first-order valence-electron chi connectivity index (χ1n) is 6.02. The monoisotopic (exact) mass is 268 g/mol. The minimum absolute atomic E-state index is 0.295. The number of anilines is 1. The number of nitrogens with zero attached hydrogens (tertiary/aromatic N) is 2. The van der Waals surface area contributed by atoms with E-state index in [2.05, 4.69) is 15.3 Å². The molecule has 1 aromatic rings. The van der Waals surface area contributed by atoms with Crippen molar-refractivity contribution in [3.63, 3.8) is 0 Å². The standard InChI is InChI=1S/C12H20N4OS/c1-9-8-10(11(13)18)16-12(15-9)14-6-4-3-5-7-17-2/h8H,3-7H2,1-2H3,(H2,13,18)(H,14,15,16). The fourth-order valence-electron chi connectivity index (χ4n) is 1.52. The van der Waals surface area contributed by atoms with Gasteiger partial charge >= 0.3 is 0 Å². The molecule has 0 unspecified atom stereocenters. The third-order valence-corrected chi connectivity index (χ3v) is 2.62. The van der Waals surface area contributed by atoms with E-state index in [4.69, 9.17) is 22.7 Å². The van der Waals surface area contributed by atoms with Gasteiger partial charge < -0.3 is 15.8 Å². The van der Waals surface area contributed by atoms with E-state index in [-0.39, 0.29) is 0 Å². The average Bonchev–Trinajstić information content (AvgIpc) is 2.33. The normalized spacial score (nSPS) is 10.3. The summed E-state index contributed by atoms with van der Waals surface area (Å²) in [7, 11) is 1.72. The summed E-state index contributed by atoms with van der Waals surface area (Å²) in [5.74, 6) is 0.588. The van der Waals surface area contributed by atoms with Crippen LogP contribution in [-0.4, -0.2) is 35.2 Å². The highest BCUT2D eigenvalue weighted by Gasteiger charge is 2.03. The second kappa shape index (κ2) is 7.94. The minimum atomic E-state index is 0.295. The van der Waals surface area contributed by atoms with Crippen molar-refractivity contribution in [2.75, 3.05) is 25.6 Å². The predicted molar refractivity (Wildman–Crippen MR) is 76.9 cm³/mol. The number of hydrogen-bond donors (Lipinski definition) is 2. The van der Waals surface area contributed by atoms with Gasteiger partial charge in [-0.25, -0.2) is 9.97 Å². The van der Waals surface area contributed by atoms with E-state index in [0.717, 1.165) is 38.1 Å². The number of methoxy groups -OCH3 is 1. The van der Waals surface area contributed by atoms with Gasteiger partial charge in [0.2, 0.25) is 5.95 Å². The smallest absolute Gasteiger partial charge is 0.223 e. The van der Waals surface area contributed by atoms with E-state index in [1.165, 1.54) is 0 Å². The SMILES string of the molecule is COCCCCCNc1nc(C)cc(C(N)=S)n1. The van der Waals surface area contributed by atoms with Gasteiger partial charge in [-0.2, -0.15) is 0 Å². The van der Waals surface area contributed by atoms with Gasteiger partial charge in [-0.15, -0.1) is 0 Å².